The number of likely N-dealkylation sites (N-methyl/N-ethyl adjacent to an activating group) is 1. The highest BCUT2D eigenvalue weighted by atomic mass is 32.2. The van der Waals surface area contributed by atoms with Crippen LogP contribution in [0, 0.1) is 0 Å². The number of sulfonamides is 1. The molecule has 2 rings (SSSR count). The predicted molar refractivity (Wildman–Crippen MR) is 112 cm³/mol. The summed E-state index contributed by atoms with van der Waals surface area (Å²) in [6, 6.07) is 15.2. The summed E-state index contributed by atoms with van der Waals surface area (Å²) in [6.07, 6.45) is 0. The van der Waals surface area contributed by atoms with Gasteiger partial charge in [-0.1, -0.05) is 30.3 Å². The van der Waals surface area contributed by atoms with Crippen LogP contribution in [0.3, 0.4) is 0 Å². The van der Waals surface area contributed by atoms with Crippen LogP contribution in [0.4, 0.5) is 0 Å². The van der Waals surface area contributed by atoms with Crippen LogP contribution in [0.15, 0.2) is 59.5 Å². The van der Waals surface area contributed by atoms with Crippen molar-refractivity contribution in [2.24, 2.45) is 0 Å². The standard InChI is InChI=1S/C21H29N3O4S/c1-16(15-28-4)23-29(26,27)19-12-10-18(11-13-19)21(25)22-20(14-24(2)3)17-8-6-5-7-9-17/h5-13,16,20,23H,14-15H2,1-4H3,(H,22,25)/p+1/t16-,20-/m0/s1. The molecular formula is C21H30N3O4S+. The Morgan fingerprint density at radius 1 is 1.07 bits per heavy atom. The molecule has 0 radical (unpaired) electrons. The van der Waals surface area contributed by atoms with Gasteiger partial charge in [0, 0.05) is 18.7 Å². The molecule has 29 heavy (non-hydrogen) atoms. The van der Waals surface area contributed by atoms with Crippen LogP contribution in [-0.4, -0.2) is 54.7 Å². The summed E-state index contributed by atoms with van der Waals surface area (Å²) < 4.78 is 32.3. The van der Waals surface area contributed by atoms with E-state index < -0.39 is 10.0 Å². The van der Waals surface area contributed by atoms with Gasteiger partial charge in [0.15, 0.2) is 0 Å². The monoisotopic (exact) mass is 420 g/mol. The molecule has 0 heterocycles. The lowest BCUT2D eigenvalue weighted by Crippen LogP contribution is -3.06. The Labute approximate surface area is 173 Å². The van der Waals surface area contributed by atoms with Gasteiger partial charge in [-0.3, -0.25) is 4.79 Å². The van der Waals surface area contributed by atoms with Gasteiger partial charge in [0.1, 0.15) is 12.6 Å². The lowest BCUT2D eigenvalue weighted by molar-refractivity contribution is -0.860. The molecule has 0 aliphatic rings. The van der Waals surface area contributed by atoms with E-state index in [1.165, 1.54) is 36.3 Å². The zero-order chi connectivity index (χ0) is 21.4. The molecule has 1 amide bonds. The first-order valence-electron chi connectivity index (χ1n) is 9.49. The maximum Gasteiger partial charge on any atom is 0.251 e. The average molecular weight is 421 g/mol. The minimum atomic E-state index is -3.67. The molecule has 0 aliphatic heterocycles. The second kappa shape index (κ2) is 10.5. The van der Waals surface area contributed by atoms with E-state index in [0.29, 0.717) is 5.56 Å². The van der Waals surface area contributed by atoms with Crippen molar-refractivity contribution in [3.63, 3.8) is 0 Å². The van der Waals surface area contributed by atoms with E-state index in [0.717, 1.165) is 12.1 Å². The van der Waals surface area contributed by atoms with Gasteiger partial charge < -0.3 is 15.0 Å². The Bertz CT molecular complexity index is 884. The first-order chi connectivity index (χ1) is 13.7. The number of methoxy groups -OCH3 is 1. The smallest absolute Gasteiger partial charge is 0.251 e. The molecule has 0 aromatic heterocycles. The molecule has 3 N–H and O–H groups in total. The van der Waals surface area contributed by atoms with Gasteiger partial charge in [-0.25, -0.2) is 13.1 Å². The molecule has 0 aliphatic carbocycles. The van der Waals surface area contributed by atoms with E-state index in [4.69, 9.17) is 4.74 Å². The summed E-state index contributed by atoms with van der Waals surface area (Å²) in [7, 11) is 1.90. The summed E-state index contributed by atoms with van der Waals surface area (Å²) in [6.45, 7) is 2.72. The summed E-state index contributed by atoms with van der Waals surface area (Å²) >= 11 is 0. The molecule has 0 fully saturated rings. The first-order valence-corrected chi connectivity index (χ1v) is 11.0. The zero-order valence-electron chi connectivity index (χ0n) is 17.3. The molecule has 8 heteroatoms. The molecule has 0 saturated carbocycles. The van der Waals surface area contributed by atoms with Gasteiger partial charge in [-0.05, 0) is 36.8 Å². The van der Waals surface area contributed by atoms with Gasteiger partial charge >= 0.3 is 0 Å². The third-order valence-corrected chi connectivity index (χ3v) is 5.92. The molecule has 0 unspecified atom stereocenters. The van der Waals surface area contributed by atoms with Crippen LogP contribution in [0.5, 0.6) is 0 Å². The fourth-order valence-corrected chi connectivity index (χ4v) is 4.22. The highest BCUT2D eigenvalue weighted by Gasteiger charge is 2.20. The number of rotatable bonds is 10. The average Bonchev–Trinajstić information content (AvgIpc) is 2.67. The van der Waals surface area contributed by atoms with Crippen molar-refractivity contribution in [3.8, 4) is 0 Å². The minimum Gasteiger partial charge on any atom is -0.383 e. The normalized spacial score (nSPS) is 13.8. The molecule has 158 valence electrons. The number of carbonyl (C=O) groups excluding carboxylic acids is 1. The fraction of sp³-hybridized carbons (Fsp3) is 0.381. The van der Waals surface area contributed by atoms with E-state index in [1.807, 2.05) is 44.4 Å². The Morgan fingerprint density at radius 2 is 1.69 bits per heavy atom. The van der Waals surface area contributed by atoms with Crippen molar-refractivity contribution >= 4 is 15.9 Å². The lowest BCUT2D eigenvalue weighted by atomic mass is 10.1. The summed E-state index contributed by atoms with van der Waals surface area (Å²) in [5.74, 6) is -0.246. The summed E-state index contributed by atoms with van der Waals surface area (Å²) in [5.41, 5.74) is 1.43. The van der Waals surface area contributed by atoms with Crippen molar-refractivity contribution in [1.29, 1.82) is 0 Å². The molecule has 0 bridgehead atoms. The number of hydrogen-bond donors (Lipinski definition) is 3. The third-order valence-electron chi connectivity index (χ3n) is 4.32. The molecule has 0 saturated heterocycles. The highest BCUT2D eigenvalue weighted by molar-refractivity contribution is 7.89. The van der Waals surface area contributed by atoms with E-state index in [-0.39, 0.29) is 29.5 Å². The maximum absolute atomic E-state index is 12.7. The molecule has 2 aromatic rings. The predicted octanol–water partition coefficient (Wildman–Crippen LogP) is 0.615. The SMILES string of the molecule is COC[C@H](C)NS(=O)(=O)c1ccc(C(=O)N[C@@H](C[NH+](C)C)c2ccccc2)cc1. The summed E-state index contributed by atoms with van der Waals surface area (Å²) in [4.78, 5) is 14.0. The number of carbonyl (C=O) groups is 1. The van der Waals surface area contributed by atoms with E-state index in [1.54, 1.807) is 6.92 Å². The van der Waals surface area contributed by atoms with Gasteiger partial charge in [0.2, 0.25) is 10.0 Å². The van der Waals surface area contributed by atoms with Crippen LogP contribution in [-0.2, 0) is 14.8 Å². The second-order valence-electron chi connectivity index (χ2n) is 7.35. The molecule has 2 atom stereocenters. The van der Waals surface area contributed by atoms with Crippen molar-refractivity contribution < 1.29 is 22.8 Å². The third kappa shape index (κ3) is 6.93. The first kappa shape index (κ1) is 23.0. The van der Waals surface area contributed by atoms with Crippen LogP contribution in [0.25, 0.3) is 0 Å². The summed E-state index contributed by atoms with van der Waals surface area (Å²) in [5, 5.41) is 3.05. The zero-order valence-corrected chi connectivity index (χ0v) is 18.1. The molecule has 2 aromatic carbocycles. The van der Waals surface area contributed by atoms with Crippen molar-refractivity contribution in [3.05, 3.63) is 65.7 Å². The van der Waals surface area contributed by atoms with Crippen LogP contribution < -0.4 is 14.9 Å². The maximum atomic E-state index is 12.7. The van der Waals surface area contributed by atoms with Gasteiger partial charge in [0.05, 0.1) is 25.6 Å². The lowest BCUT2D eigenvalue weighted by Gasteiger charge is -2.21. The Kier molecular flexibility index (Phi) is 8.33. The topological polar surface area (TPSA) is 88.9 Å². The molecular weight excluding hydrogens is 390 g/mol. The van der Waals surface area contributed by atoms with Gasteiger partial charge in [0.25, 0.3) is 5.91 Å². The minimum absolute atomic E-state index is 0.106. The van der Waals surface area contributed by atoms with Crippen molar-refractivity contribution in [1.82, 2.24) is 10.0 Å². The highest BCUT2D eigenvalue weighted by Crippen LogP contribution is 2.14. The van der Waals surface area contributed by atoms with Crippen molar-refractivity contribution in [2.45, 2.75) is 23.9 Å². The Morgan fingerprint density at radius 3 is 2.24 bits per heavy atom. The van der Waals surface area contributed by atoms with E-state index >= 15 is 0 Å². The van der Waals surface area contributed by atoms with Crippen LogP contribution >= 0.6 is 0 Å². The molecule has 7 nitrogen and oxygen atoms in total. The number of quaternary nitrogens is 1. The van der Waals surface area contributed by atoms with Gasteiger partial charge in [-0.2, -0.15) is 0 Å². The number of benzene rings is 2. The Balaban J connectivity index is 2.12. The van der Waals surface area contributed by atoms with Crippen LogP contribution in [0.2, 0.25) is 0 Å². The quantitative estimate of drug-likeness (QED) is 0.526. The van der Waals surface area contributed by atoms with E-state index in [9.17, 15) is 13.2 Å². The van der Waals surface area contributed by atoms with E-state index in [2.05, 4.69) is 10.0 Å². The van der Waals surface area contributed by atoms with Gasteiger partial charge in [-0.15, -0.1) is 0 Å². The second-order valence-corrected chi connectivity index (χ2v) is 9.06. The van der Waals surface area contributed by atoms with Crippen molar-refractivity contribution in [2.75, 3.05) is 34.4 Å². The largest absolute Gasteiger partial charge is 0.383 e. The number of amides is 1. The number of ether oxygens (including phenoxy) is 1. The van der Waals surface area contributed by atoms with Crippen LogP contribution in [0.1, 0.15) is 28.9 Å². The Hall–Kier alpha value is -2.26. The fourth-order valence-electron chi connectivity index (χ4n) is 2.99. The number of nitrogens with one attached hydrogen (secondary N) is 3. The number of hydrogen-bond acceptors (Lipinski definition) is 4. The molecule has 0 spiro atoms.